The van der Waals surface area contributed by atoms with Crippen LogP contribution in [0, 0.1) is 0 Å². The van der Waals surface area contributed by atoms with Crippen LogP contribution in [0.2, 0.25) is 0 Å². The molecular weight excluding hydrogens is 302 g/mol. The van der Waals surface area contributed by atoms with Gasteiger partial charge in [0, 0.05) is 18.6 Å². The number of urea groups is 1. The fourth-order valence-electron chi connectivity index (χ4n) is 3.82. The van der Waals surface area contributed by atoms with E-state index in [1.807, 2.05) is 17.0 Å². The average Bonchev–Trinajstić information content (AvgIpc) is 2.96. The van der Waals surface area contributed by atoms with Crippen LogP contribution in [0.1, 0.15) is 44.2 Å². The Balaban J connectivity index is 1.49. The molecule has 2 aliphatic rings. The maximum absolute atomic E-state index is 12.5. The molecule has 0 aromatic heterocycles. The lowest BCUT2D eigenvalue weighted by atomic mass is 10.0. The van der Waals surface area contributed by atoms with E-state index in [1.54, 1.807) is 6.92 Å². The van der Waals surface area contributed by atoms with Crippen LogP contribution >= 0.6 is 0 Å². The lowest BCUT2D eigenvalue weighted by molar-refractivity contribution is -0.136. The summed E-state index contributed by atoms with van der Waals surface area (Å²) in [6.07, 6.45) is 4.99. The molecule has 0 saturated carbocycles. The van der Waals surface area contributed by atoms with Crippen LogP contribution in [-0.2, 0) is 17.6 Å². The fraction of sp³-hybridized carbons (Fsp3) is 0.579. The smallest absolute Gasteiger partial charge is 0.315 e. The largest absolute Gasteiger partial charge is 0.338 e. The number of carbonyl (C=O) groups is 2. The molecule has 1 aromatic rings. The molecule has 1 fully saturated rings. The molecule has 0 spiro atoms. The lowest BCUT2D eigenvalue weighted by Crippen LogP contribution is -2.54. The third-order valence-electron chi connectivity index (χ3n) is 5.19. The van der Waals surface area contributed by atoms with E-state index in [-0.39, 0.29) is 24.0 Å². The van der Waals surface area contributed by atoms with E-state index in [2.05, 4.69) is 29.7 Å². The van der Waals surface area contributed by atoms with Gasteiger partial charge in [0.2, 0.25) is 5.91 Å². The second kappa shape index (κ2) is 7.24. The monoisotopic (exact) mass is 329 g/mol. The molecule has 0 bridgehead atoms. The first kappa shape index (κ1) is 16.8. The van der Waals surface area contributed by atoms with Crippen molar-refractivity contribution in [2.45, 2.75) is 64.1 Å². The highest BCUT2D eigenvalue weighted by Crippen LogP contribution is 2.21. The van der Waals surface area contributed by atoms with Crippen LogP contribution in [0.25, 0.3) is 0 Å². The van der Waals surface area contributed by atoms with Gasteiger partial charge in [0.05, 0.1) is 0 Å². The first-order valence-electron chi connectivity index (χ1n) is 8.99. The summed E-state index contributed by atoms with van der Waals surface area (Å²) in [5.74, 6) is 0.0204. The minimum absolute atomic E-state index is 0.0204. The van der Waals surface area contributed by atoms with Crippen molar-refractivity contribution >= 4 is 11.9 Å². The summed E-state index contributed by atoms with van der Waals surface area (Å²) < 4.78 is 0. The summed E-state index contributed by atoms with van der Waals surface area (Å²) in [7, 11) is 0. The molecule has 130 valence electrons. The summed E-state index contributed by atoms with van der Waals surface area (Å²) in [6, 6.07) is 7.91. The van der Waals surface area contributed by atoms with Crippen molar-refractivity contribution in [2.24, 2.45) is 0 Å². The quantitative estimate of drug-likeness (QED) is 0.893. The first-order chi connectivity index (χ1) is 11.5. The van der Waals surface area contributed by atoms with Crippen molar-refractivity contribution in [3.05, 3.63) is 35.4 Å². The third kappa shape index (κ3) is 3.71. The molecule has 2 atom stereocenters. The molecule has 1 saturated heterocycles. The number of likely N-dealkylation sites (tertiary alicyclic amines) is 1. The predicted molar refractivity (Wildman–Crippen MR) is 93.8 cm³/mol. The van der Waals surface area contributed by atoms with Crippen molar-refractivity contribution in [1.29, 1.82) is 0 Å². The summed E-state index contributed by atoms with van der Waals surface area (Å²) in [6.45, 7) is 4.65. The normalized spacial score (nSPS) is 21.9. The Labute approximate surface area is 143 Å². The summed E-state index contributed by atoms with van der Waals surface area (Å²) in [5, 5.41) is 5.81. The van der Waals surface area contributed by atoms with Crippen molar-refractivity contribution in [3.8, 4) is 0 Å². The van der Waals surface area contributed by atoms with Crippen molar-refractivity contribution in [1.82, 2.24) is 15.5 Å². The minimum atomic E-state index is -0.491. The van der Waals surface area contributed by atoms with Crippen LogP contribution in [-0.4, -0.2) is 41.5 Å². The fourth-order valence-corrected chi connectivity index (χ4v) is 3.82. The van der Waals surface area contributed by atoms with E-state index in [0.29, 0.717) is 0 Å². The molecule has 1 aromatic carbocycles. The topological polar surface area (TPSA) is 61.4 Å². The van der Waals surface area contributed by atoms with E-state index in [4.69, 9.17) is 0 Å². The average molecular weight is 329 g/mol. The highest BCUT2D eigenvalue weighted by atomic mass is 16.2. The van der Waals surface area contributed by atoms with Gasteiger partial charge in [-0.05, 0) is 57.1 Å². The van der Waals surface area contributed by atoms with E-state index in [1.165, 1.54) is 17.5 Å². The van der Waals surface area contributed by atoms with Gasteiger partial charge in [-0.2, -0.15) is 0 Å². The summed E-state index contributed by atoms with van der Waals surface area (Å²) in [4.78, 5) is 26.7. The van der Waals surface area contributed by atoms with Crippen molar-refractivity contribution in [3.63, 3.8) is 0 Å². The zero-order valence-electron chi connectivity index (χ0n) is 14.5. The standard InChI is InChI=1S/C19H27N3O2/c1-13-7-5-6-10-22(13)18(23)14(2)20-19(24)21-17-11-15-8-3-4-9-16(15)12-17/h3-4,8-9,13-14,17H,5-7,10-12H2,1-2H3,(H2,20,21,24)/t13-,14-/m0/s1. The van der Waals surface area contributed by atoms with Gasteiger partial charge in [0.25, 0.3) is 0 Å². The van der Waals surface area contributed by atoms with Crippen molar-refractivity contribution in [2.75, 3.05) is 6.54 Å². The van der Waals surface area contributed by atoms with E-state index in [0.717, 1.165) is 32.2 Å². The molecule has 2 N–H and O–H groups in total. The van der Waals surface area contributed by atoms with Gasteiger partial charge in [-0.15, -0.1) is 0 Å². The number of hydrogen-bond donors (Lipinski definition) is 2. The Morgan fingerprint density at radius 2 is 1.83 bits per heavy atom. The Morgan fingerprint density at radius 3 is 2.46 bits per heavy atom. The number of amides is 3. The molecule has 1 heterocycles. The van der Waals surface area contributed by atoms with Gasteiger partial charge in [-0.1, -0.05) is 24.3 Å². The van der Waals surface area contributed by atoms with Crippen LogP contribution in [0.3, 0.4) is 0 Å². The zero-order chi connectivity index (χ0) is 17.1. The highest BCUT2D eigenvalue weighted by molar-refractivity contribution is 5.87. The van der Waals surface area contributed by atoms with Crippen LogP contribution in [0.5, 0.6) is 0 Å². The Hall–Kier alpha value is -2.04. The highest BCUT2D eigenvalue weighted by Gasteiger charge is 2.29. The van der Waals surface area contributed by atoms with Crippen molar-refractivity contribution < 1.29 is 9.59 Å². The Morgan fingerprint density at radius 1 is 1.17 bits per heavy atom. The van der Waals surface area contributed by atoms with Gasteiger partial charge in [-0.3, -0.25) is 4.79 Å². The van der Waals surface area contributed by atoms with Gasteiger partial charge >= 0.3 is 6.03 Å². The molecule has 3 amide bonds. The second-order valence-electron chi connectivity index (χ2n) is 7.09. The van der Waals surface area contributed by atoms with E-state index < -0.39 is 6.04 Å². The third-order valence-corrected chi connectivity index (χ3v) is 5.19. The summed E-state index contributed by atoms with van der Waals surface area (Å²) in [5.41, 5.74) is 2.60. The maximum Gasteiger partial charge on any atom is 0.315 e. The minimum Gasteiger partial charge on any atom is -0.338 e. The number of carbonyl (C=O) groups excluding carboxylic acids is 2. The number of nitrogens with one attached hydrogen (secondary N) is 2. The van der Waals surface area contributed by atoms with Gasteiger partial charge in [-0.25, -0.2) is 4.79 Å². The Bertz CT molecular complexity index is 591. The second-order valence-corrected chi connectivity index (χ2v) is 7.09. The zero-order valence-corrected chi connectivity index (χ0v) is 14.5. The summed E-state index contributed by atoms with van der Waals surface area (Å²) >= 11 is 0. The van der Waals surface area contributed by atoms with Crippen LogP contribution < -0.4 is 10.6 Å². The maximum atomic E-state index is 12.5. The molecule has 3 rings (SSSR count). The lowest BCUT2D eigenvalue weighted by Gasteiger charge is -2.35. The number of rotatable bonds is 3. The number of fused-ring (bicyclic) bond motifs is 1. The molecule has 0 radical (unpaired) electrons. The van der Waals surface area contributed by atoms with Gasteiger partial charge in [0.15, 0.2) is 0 Å². The molecule has 0 unspecified atom stereocenters. The molecule has 1 aliphatic carbocycles. The van der Waals surface area contributed by atoms with E-state index >= 15 is 0 Å². The first-order valence-corrected chi connectivity index (χ1v) is 8.99. The number of nitrogens with zero attached hydrogens (tertiary/aromatic N) is 1. The van der Waals surface area contributed by atoms with Gasteiger partial charge in [0.1, 0.15) is 6.04 Å². The molecule has 5 nitrogen and oxygen atoms in total. The predicted octanol–water partition coefficient (Wildman–Crippen LogP) is 2.24. The number of benzene rings is 1. The molecule has 24 heavy (non-hydrogen) atoms. The van der Waals surface area contributed by atoms with Crippen LogP contribution in [0.4, 0.5) is 4.79 Å². The molecular formula is C19H27N3O2. The van der Waals surface area contributed by atoms with Gasteiger partial charge < -0.3 is 15.5 Å². The van der Waals surface area contributed by atoms with Crippen LogP contribution in [0.15, 0.2) is 24.3 Å². The SMILES string of the molecule is C[C@H](NC(=O)NC1Cc2ccccc2C1)C(=O)N1CCCC[C@@H]1C. The molecule has 5 heteroatoms. The Kier molecular flexibility index (Phi) is 5.07. The number of hydrogen-bond acceptors (Lipinski definition) is 2. The number of piperidine rings is 1. The molecule has 1 aliphatic heterocycles. The van der Waals surface area contributed by atoms with E-state index in [9.17, 15) is 9.59 Å².